The molecule has 0 aliphatic heterocycles. The van der Waals surface area contributed by atoms with Crippen molar-refractivity contribution in [2.75, 3.05) is 25.6 Å². The van der Waals surface area contributed by atoms with Crippen LogP contribution >= 0.6 is 0 Å². The lowest BCUT2D eigenvalue weighted by Gasteiger charge is -2.25. The molecule has 0 aliphatic carbocycles. The van der Waals surface area contributed by atoms with Crippen LogP contribution in [0.3, 0.4) is 0 Å². The fourth-order valence-corrected chi connectivity index (χ4v) is 2.32. The molecular formula is C18H27N3O3. The molecule has 1 aromatic carbocycles. The zero-order chi connectivity index (χ0) is 17.7. The monoisotopic (exact) mass is 333 g/mol. The topological polar surface area (TPSA) is 75.5 Å². The maximum Gasteiger partial charge on any atom is 0.319 e. The maximum absolute atomic E-state index is 12.0. The van der Waals surface area contributed by atoms with Gasteiger partial charge >= 0.3 is 6.03 Å². The van der Waals surface area contributed by atoms with Crippen LogP contribution in [0, 0.1) is 5.41 Å². The Balaban J connectivity index is 2.00. The van der Waals surface area contributed by atoms with E-state index in [-0.39, 0.29) is 18.0 Å². The molecular weight excluding hydrogens is 306 g/mol. The number of aromatic nitrogens is 1. The van der Waals surface area contributed by atoms with E-state index in [0.29, 0.717) is 12.3 Å². The molecule has 0 radical (unpaired) electrons. The predicted octanol–water partition coefficient (Wildman–Crippen LogP) is 2.82. The van der Waals surface area contributed by atoms with E-state index < -0.39 is 6.10 Å². The van der Waals surface area contributed by atoms with Crippen LogP contribution in [0.4, 0.5) is 10.5 Å². The van der Waals surface area contributed by atoms with Gasteiger partial charge in [-0.15, -0.1) is 0 Å². The number of hydrogen-bond donors (Lipinski definition) is 3. The number of aliphatic hydroxyl groups is 1. The average Bonchev–Trinajstić information content (AvgIpc) is 2.92. The summed E-state index contributed by atoms with van der Waals surface area (Å²) in [5.74, 6) is 0. The van der Waals surface area contributed by atoms with Crippen LogP contribution in [0.2, 0.25) is 0 Å². The second-order valence-electron chi connectivity index (χ2n) is 6.99. The van der Waals surface area contributed by atoms with Crippen molar-refractivity contribution in [3.05, 3.63) is 30.5 Å². The molecule has 24 heavy (non-hydrogen) atoms. The third-order valence-corrected chi connectivity index (χ3v) is 4.02. The summed E-state index contributed by atoms with van der Waals surface area (Å²) >= 11 is 0. The molecule has 1 atom stereocenters. The number of carbonyl (C=O) groups excluding carboxylic acids is 1. The van der Waals surface area contributed by atoms with E-state index >= 15 is 0 Å². The summed E-state index contributed by atoms with van der Waals surface area (Å²) in [6, 6.07) is 7.48. The fourth-order valence-electron chi connectivity index (χ4n) is 2.32. The number of carbonyl (C=O) groups is 1. The Morgan fingerprint density at radius 1 is 1.33 bits per heavy atom. The number of hydrogen-bond acceptors (Lipinski definition) is 3. The number of anilines is 1. The first-order chi connectivity index (χ1) is 11.3. The largest absolute Gasteiger partial charge is 0.391 e. The van der Waals surface area contributed by atoms with Crippen LogP contribution in [0.15, 0.2) is 30.5 Å². The number of methoxy groups -OCH3 is 1. The number of benzene rings is 1. The lowest BCUT2D eigenvalue weighted by molar-refractivity contribution is 0.0654. The SMILES string of the molecule is COCCn1ccc2ccc(NC(=O)NCC(O)C(C)(C)C)cc21. The van der Waals surface area contributed by atoms with E-state index in [1.165, 1.54) is 0 Å². The van der Waals surface area contributed by atoms with Gasteiger partial charge in [-0.3, -0.25) is 0 Å². The minimum Gasteiger partial charge on any atom is -0.391 e. The van der Waals surface area contributed by atoms with Gasteiger partial charge in [-0.1, -0.05) is 26.8 Å². The van der Waals surface area contributed by atoms with Gasteiger partial charge in [0.1, 0.15) is 0 Å². The molecule has 3 N–H and O–H groups in total. The molecule has 2 amide bonds. The summed E-state index contributed by atoms with van der Waals surface area (Å²) in [5, 5.41) is 16.6. The van der Waals surface area contributed by atoms with E-state index in [0.717, 1.165) is 17.4 Å². The molecule has 6 heteroatoms. The molecule has 1 heterocycles. The van der Waals surface area contributed by atoms with Crippen molar-refractivity contribution in [1.82, 2.24) is 9.88 Å². The van der Waals surface area contributed by atoms with Crippen LogP contribution in [0.1, 0.15) is 20.8 Å². The number of aliphatic hydroxyl groups excluding tert-OH is 1. The van der Waals surface area contributed by atoms with Crippen molar-refractivity contribution in [2.24, 2.45) is 5.41 Å². The van der Waals surface area contributed by atoms with Crippen LogP contribution < -0.4 is 10.6 Å². The second-order valence-corrected chi connectivity index (χ2v) is 6.99. The molecule has 1 aromatic heterocycles. The molecule has 6 nitrogen and oxygen atoms in total. The van der Waals surface area contributed by atoms with E-state index in [4.69, 9.17) is 4.74 Å². The lowest BCUT2D eigenvalue weighted by atomic mass is 9.89. The van der Waals surface area contributed by atoms with Gasteiger partial charge in [-0.2, -0.15) is 0 Å². The molecule has 2 aromatic rings. The van der Waals surface area contributed by atoms with Crippen molar-refractivity contribution < 1.29 is 14.6 Å². The molecule has 1 unspecified atom stereocenters. The predicted molar refractivity (Wildman–Crippen MR) is 96.3 cm³/mol. The third kappa shape index (κ3) is 4.72. The smallest absolute Gasteiger partial charge is 0.319 e. The number of nitrogens with zero attached hydrogens (tertiary/aromatic N) is 1. The van der Waals surface area contributed by atoms with Gasteiger partial charge in [0, 0.05) is 32.1 Å². The summed E-state index contributed by atoms with van der Waals surface area (Å²) in [5.41, 5.74) is 1.48. The number of urea groups is 1. The van der Waals surface area contributed by atoms with Gasteiger partial charge in [0.05, 0.1) is 18.2 Å². The van der Waals surface area contributed by atoms with Gasteiger partial charge in [0.25, 0.3) is 0 Å². The van der Waals surface area contributed by atoms with Gasteiger partial charge in [-0.25, -0.2) is 4.79 Å². The minimum atomic E-state index is -0.600. The Labute approximate surface area is 142 Å². The van der Waals surface area contributed by atoms with Crippen LogP contribution in [0.5, 0.6) is 0 Å². The van der Waals surface area contributed by atoms with Gasteiger partial charge in [0.15, 0.2) is 0 Å². The first-order valence-electron chi connectivity index (χ1n) is 8.12. The van der Waals surface area contributed by atoms with Gasteiger partial charge in [0.2, 0.25) is 0 Å². The third-order valence-electron chi connectivity index (χ3n) is 4.02. The van der Waals surface area contributed by atoms with Crippen molar-refractivity contribution >= 4 is 22.6 Å². The Hall–Kier alpha value is -2.05. The second kappa shape index (κ2) is 7.68. The highest BCUT2D eigenvalue weighted by molar-refractivity contribution is 5.92. The summed E-state index contributed by atoms with van der Waals surface area (Å²) in [6.07, 6.45) is 1.41. The molecule has 0 spiro atoms. The summed E-state index contributed by atoms with van der Waals surface area (Å²) in [6.45, 7) is 7.39. The number of rotatable bonds is 6. The highest BCUT2D eigenvalue weighted by Gasteiger charge is 2.22. The van der Waals surface area contributed by atoms with E-state index in [1.54, 1.807) is 7.11 Å². The highest BCUT2D eigenvalue weighted by atomic mass is 16.5. The molecule has 0 saturated heterocycles. The standard InChI is InChI=1S/C18H27N3O3/c1-18(2,3)16(22)12-19-17(23)20-14-6-5-13-7-8-21(9-10-24-4)15(13)11-14/h5-8,11,16,22H,9-10,12H2,1-4H3,(H2,19,20,23). The maximum atomic E-state index is 12.0. The Morgan fingerprint density at radius 3 is 2.75 bits per heavy atom. The first kappa shape index (κ1) is 18.3. The molecule has 132 valence electrons. The van der Waals surface area contributed by atoms with Crippen molar-refractivity contribution in [1.29, 1.82) is 0 Å². The normalized spacial score (nSPS) is 13.0. The fraction of sp³-hybridized carbons (Fsp3) is 0.500. The highest BCUT2D eigenvalue weighted by Crippen LogP contribution is 2.21. The van der Waals surface area contributed by atoms with Crippen molar-refractivity contribution in [2.45, 2.75) is 33.4 Å². The van der Waals surface area contributed by atoms with Crippen LogP contribution in [-0.2, 0) is 11.3 Å². The minimum absolute atomic E-state index is 0.210. The van der Waals surface area contributed by atoms with Crippen LogP contribution in [-0.4, -0.2) is 42.1 Å². The average molecular weight is 333 g/mol. The zero-order valence-corrected chi connectivity index (χ0v) is 14.8. The number of amides is 2. The Morgan fingerprint density at radius 2 is 2.08 bits per heavy atom. The number of nitrogens with one attached hydrogen (secondary N) is 2. The number of fused-ring (bicyclic) bond motifs is 1. The first-order valence-corrected chi connectivity index (χ1v) is 8.12. The summed E-state index contributed by atoms with van der Waals surface area (Å²) < 4.78 is 7.20. The Kier molecular flexibility index (Phi) is 5.85. The summed E-state index contributed by atoms with van der Waals surface area (Å²) in [4.78, 5) is 12.0. The zero-order valence-electron chi connectivity index (χ0n) is 14.8. The van der Waals surface area contributed by atoms with Gasteiger partial charge in [-0.05, 0) is 29.0 Å². The Bertz CT molecular complexity index is 688. The van der Waals surface area contributed by atoms with Crippen LogP contribution in [0.25, 0.3) is 10.9 Å². The van der Waals surface area contributed by atoms with Crippen molar-refractivity contribution in [3.8, 4) is 0 Å². The molecule has 0 saturated carbocycles. The molecule has 0 fully saturated rings. The van der Waals surface area contributed by atoms with Gasteiger partial charge < -0.3 is 25.0 Å². The van der Waals surface area contributed by atoms with E-state index in [1.807, 2.05) is 51.2 Å². The molecule has 0 aliphatic rings. The lowest BCUT2D eigenvalue weighted by Crippen LogP contribution is -2.40. The number of ether oxygens (including phenoxy) is 1. The summed E-state index contributed by atoms with van der Waals surface area (Å²) in [7, 11) is 1.68. The van der Waals surface area contributed by atoms with Crippen molar-refractivity contribution in [3.63, 3.8) is 0 Å². The molecule has 2 rings (SSSR count). The van der Waals surface area contributed by atoms with E-state index in [2.05, 4.69) is 15.2 Å². The molecule has 0 bridgehead atoms. The quantitative estimate of drug-likeness (QED) is 0.761. The van der Waals surface area contributed by atoms with E-state index in [9.17, 15) is 9.90 Å².